The Hall–Kier alpha value is -2.22. The lowest BCUT2D eigenvalue weighted by Gasteiger charge is -2.09. The molecule has 0 aliphatic rings. The summed E-state index contributed by atoms with van der Waals surface area (Å²) in [5.41, 5.74) is 5.33. The van der Waals surface area contributed by atoms with Crippen LogP contribution < -0.4 is 16.0 Å². The Labute approximate surface area is 116 Å². The van der Waals surface area contributed by atoms with Crippen molar-refractivity contribution in [2.45, 2.75) is 33.0 Å². The topological polar surface area (TPSA) is 101 Å². The van der Waals surface area contributed by atoms with Gasteiger partial charge in [-0.05, 0) is 13.8 Å². The Morgan fingerprint density at radius 3 is 2.85 bits per heavy atom. The SMILES string of the molecule is CCn1ncnc1Cn1ncc(OCC(C)N)cc1=O. The first-order chi connectivity index (χ1) is 9.60. The van der Waals surface area contributed by atoms with Crippen LogP contribution in [0.4, 0.5) is 0 Å². The van der Waals surface area contributed by atoms with Gasteiger partial charge in [0, 0.05) is 18.7 Å². The molecule has 0 spiro atoms. The molecule has 8 nitrogen and oxygen atoms in total. The van der Waals surface area contributed by atoms with Crippen LogP contribution in [0.15, 0.2) is 23.4 Å². The van der Waals surface area contributed by atoms with Gasteiger partial charge in [-0.25, -0.2) is 14.3 Å². The van der Waals surface area contributed by atoms with Gasteiger partial charge in [0.2, 0.25) is 0 Å². The molecule has 0 fully saturated rings. The number of rotatable bonds is 6. The van der Waals surface area contributed by atoms with Crippen LogP contribution in [0.2, 0.25) is 0 Å². The van der Waals surface area contributed by atoms with E-state index in [1.807, 2.05) is 13.8 Å². The van der Waals surface area contributed by atoms with E-state index in [1.54, 1.807) is 4.68 Å². The Bertz CT molecular complexity index is 618. The molecule has 0 bridgehead atoms. The van der Waals surface area contributed by atoms with Crippen molar-refractivity contribution in [1.29, 1.82) is 0 Å². The Balaban J connectivity index is 2.12. The second-order valence-electron chi connectivity index (χ2n) is 4.47. The van der Waals surface area contributed by atoms with E-state index in [4.69, 9.17) is 10.5 Å². The summed E-state index contributed by atoms with van der Waals surface area (Å²) in [4.78, 5) is 16.1. The quantitative estimate of drug-likeness (QED) is 0.773. The summed E-state index contributed by atoms with van der Waals surface area (Å²) < 4.78 is 8.38. The summed E-state index contributed by atoms with van der Waals surface area (Å²) in [6, 6.07) is 1.29. The molecule has 0 aromatic carbocycles. The molecule has 0 radical (unpaired) electrons. The monoisotopic (exact) mass is 278 g/mol. The lowest BCUT2D eigenvalue weighted by atomic mass is 10.4. The minimum atomic E-state index is -0.252. The molecule has 2 aromatic heterocycles. The molecule has 0 saturated carbocycles. The summed E-state index contributed by atoms with van der Waals surface area (Å²) >= 11 is 0. The van der Waals surface area contributed by atoms with E-state index < -0.39 is 0 Å². The highest BCUT2D eigenvalue weighted by atomic mass is 16.5. The first-order valence-corrected chi connectivity index (χ1v) is 6.42. The van der Waals surface area contributed by atoms with Gasteiger partial charge in [0.05, 0.1) is 6.20 Å². The number of hydrogen-bond acceptors (Lipinski definition) is 6. The van der Waals surface area contributed by atoms with E-state index in [0.717, 1.165) is 0 Å². The smallest absolute Gasteiger partial charge is 0.270 e. The summed E-state index contributed by atoms with van der Waals surface area (Å²) in [6.45, 7) is 5.10. The highest BCUT2D eigenvalue weighted by Crippen LogP contribution is 2.04. The lowest BCUT2D eigenvalue weighted by Crippen LogP contribution is -2.26. The summed E-state index contributed by atoms with van der Waals surface area (Å²) in [5, 5.41) is 8.11. The molecular weight excluding hydrogens is 260 g/mol. The van der Waals surface area contributed by atoms with Gasteiger partial charge in [0.15, 0.2) is 0 Å². The zero-order valence-electron chi connectivity index (χ0n) is 11.6. The van der Waals surface area contributed by atoms with E-state index in [1.165, 1.54) is 23.3 Å². The fourth-order valence-corrected chi connectivity index (χ4v) is 1.65. The molecule has 0 aliphatic carbocycles. The minimum Gasteiger partial charge on any atom is -0.490 e. The van der Waals surface area contributed by atoms with Gasteiger partial charge < -0.3 is 10.5 Å². The molecule has 108 valence electrons. The molecule has 0 saturated heterocycles. The number of aryl methyl sites for hydroxylation is 1. The van der Waals surface area contributed by atoms with Crippen molar-refractivity contribution in [2.24, 2.45) is 5.73 Å². The van der Waals surface area contributed by atoms with Crippen molar-refractivity contribution in [3.8, 4) is 5.75 Å². The maximum absolute atomic E-state index is 11.9. The molecule has 2 rings (SSSR count). The molecule has 2 N–H and O–H groups in total. The van der Waals surface area contributed by atoms with Crippen LogP contribution in [-0.4, -0.2) is 37.2 Å². The largest absolute Gasteiger partial charge is 0.490 e. The summed E-state index contributed by atoms with van der Waals surface area (Å²) in [7, 11) is 0. The second-order valence-corrected chi connectivity index (χ2v) is 4.47. The van der Waals surface area contributed by atoms with E-state index in [9.17, 15) is 4.79 Å². The zero-order valence-corrected chi connectivity index (χ0v) is 11.6. The normalized spacial score (nSPS) is 12.3. The highest BCUT2D eigenvalue weighted by molar-refractivity contribution is 5.14. The number of nitrogens with zero attached hydrogens (tertiary/aromatic N) is 5. The Morgan fingerprint density at radius 1 is 1.40 bits per heavy atom. The average Bonchev–Trinajstić information content (AvgIpc) is 2.86. The van der Waals surface area contributed by atoms with Crippen molar-refractivity contribution in [3.05, 3.63) is 34.8 Å². The van der Waals surface area contributed by atoms with Gasteiger partial charge in [-0.3, -0.25) is 4.79 Å². The van der Waals surface area contributed by atoms with Crippen molar-refractivity contribution >= 4 is 0 Å². The Morgan fingerprint density at radius 2 is 2.20 bits per heavy atom. The lowest BCUT2D eigenvalue weighted by molar-refractivity contribution is 0.292. The number of ether oxygens (including phenoxy) is 1. The fraction of sp³-hybridized carbons (Fsp3) is 0.500. The van der Waals surface area contributed by atoms with Crippen LogP contribution in [0.5, 0.6) is 5.75 Å². The molecule has 2 aromatic rings. The van der Waals surface area contributed by atoms with Gasteiger partial charge in [-0.1, -0.05) is 0 Å². The Kier molecular flexibility index (Phi) is 4.46. The van der Waals surface area contributed by atoms with Gasteiger partial charge in [-0.2, -0.15) is 10.2 Å². The highest BCUT2D eigenvalue weighted by Gasteiger charge is 2.07. The van der Waals surface area contributed by atoms with Crippen LogP contribution >= 0.6 is 0 Å². The van der Waals surface area contributed by atoms with Crippen molar-refractivity contribution in [1.82, 2.24) is 24.5 Å². The first-order valence-electron chi connectivity index (χ1n) is 6.42. The van der Waals surface area contributed by atoms with Crippen LogP contribution in [0, 0.1) is 0 Å². The molecule has 0 aliphatic heterocycles. The summed E-state index contributed by atoms with van der Waals surface area (Å²) in [5.74, 6) is 1.10. The van der Waals surface area contributed by atoms with Gasteiger partial charge in [0.25, 0.3) is 5.56 Å². The average molecular weight is 278 g/mol. The molecule has 20 heavy (non-hydrogen) atoms. The number of nitrogens with two attached hydrogens (primary N) is 1. The predicted octanol–water partition coefficient (Wildman–Crippen LogP) is -0.371. The number of aromatic nitrogens is 5. The van der Waals surface area contributed by atoms with Crippen LogP contribution in [-0.2, 0) is 13.1 Å². The van der Waals surface area contributed by atoms with Crippen molar-refractivity contribution in [2.75, 3.05) is 6.61 Å². The van der Waals surface area contributed by atoms with Crippen LogP contribution in [0.25, 0.3) is 0 Å². The predicted molar refractivity (Wildman–Crippen MR) is 72.4 cm³/mol. The van der Waals surface area contributed by atoms with Crippen LogP contribution in [0.1, 0.15) is 19.7 Å². The van der Waals surface area contributed by atoms with E-state index >= 15 is 0 Å². The number of hydrogen-bond donors (Lipinski definition) is 1. The molecular formula is C12H18N6O2. The van der Waals surface area contributed by atoms with Gasteiger partial charge in [-0.15, -0.1) is 0 Å². The molecule has 1 atom stereocenters. The van der Waals surface area contributed by atoms with E-state index in [-0.39, 0.29) is 18.1 Å². The maximum atomic E-state index is 11.9. The molecule has 2 heterocycles. The van der Waals surface area contributed by atoms with E-state index in [0.29, 0.717) is 24.7 Å². The van der Waals surface area contributed by atoms with E-state index in [2.05, 4.69) is 15.2 Å². The van der Waals surface area contributed by atoms with Crippen molar-refractivity contribution in [3.63, 3.8) is 0 Å². The molecule has 0 amide bonds. The molecule has 8 heteroatoms. The molecule has 1 unspecified atom stereocenters. The van der Waals surface area contributed by atoms with Gasteiger partial charge >= 0.3 is 0 Å². The van der Waals surface area contributed by atoms with Gasteiger partial charge in [0.1, 0.15) is 31.1 Å². The van der Waals surface area contributed by atoms with Crippen LogP contribution in [0.3, 0.4) is 0 Å². The summed E-state index contributed by atoms with van der Waals surface area (Å²) in [6.07, 6.45) is 2.96. The minimum absolute atomic E-state index is 0.0967. The van der Waals surface area contributed by atoms with Crippen molar-refractivity contribution < 1.29 is 4.74 Å². The third-order valence-electron chi connectivity index (χ3n) is 2.64. The zero-order chi connectivity index (χ0) is 14.5. The second kappa shape index (κ2) is 6.29. The fourth-order valence-electron chi connectivity index (χ4n) is 1.65. The first kappa shape index (κ1) is 14.2. The standard InChI is InChI=1S/C12H18N6O2/c1-3-17-11(14-8-16-17)6-18-12(19)4-10(5-15-18)20-7-9(2)13/h4-5,8-9H,3,6-7,13H2,1-2H3. The third kappa shape index (κ3) is 3.41. The maximum Gasteiger partial charge on any atom is 0.270 e. The third-order valence-corrected chi connectivity index (χ3v) is 2.64.